The number of hydrogen-bond acceptors (Lipinski definition) is 5. The average molecular weight is 362 g/mol. The summed E-state index contributed by atoms with van der Waals surface area (Å²) in [6, 6.07) is 1.69. The van der Waals surface area contributed by atoms with Crippen molar-refractivity contribution in [3.63, 3.8) is 0 Å². The molecule has 3 heterocycles. The smallest absolute Gasteiger partial charge is 0.252 e. The average Bonchev–Trinajstić information content (AvgIpc) is 3.21. The van der Waals surface area contributed by atoms with Crippen LogP contribution in [0.25, 0.3) is 11.0 Å². The Bertz CT molecular complexity index is 944. The number of pyridine rings is 1. The van der Waals surface area contributed by atoms with Crippen molar-refractivity contribution in [2.75, 3.05) is 11.5 Å². The first-order chi connectivity index (χ1) is 11.8. The summed E-state index contributed by atoms with van der Waals surface area (Å²) in [4.78, 5) is 17.6. The summed E-state index contributed by atoms with van der Waals surface area (Å²) in [6.45, 7) is 4.06. The summed E-state index contributed by atoms with van der Waals surface area (Å²) in [5.74, 6) is 0.341. The molecule has 2 aromatic rings. The van der Waals surface area contributed by atoms with Gasteiger partial charge in [-0.15, -0.1) is 0 Å². The molecule has 1 saturated carbocycles. The summed E-state index contributed by atoms with van der Waals surface area (Å²) in [7, 11) is -3.03. The van der Waals surface area contributed by atoms with E-state index in [2.05, 4.69) is 10.4 Å². The van der Waals surface area contributed by atoms with Crippen LogP contribution in [0.1, 0.15) is 61.1 Å². The number of carbonyl (C=O) groups excluding carboxylic acids is 1. The minimum Gasteiger partial charge on any atom is -0.348 e. The Morgan fingerprint density at radius 3 is 2.68 bits per heavy atom. The van der Waals surface area contributed by atoms with Gasteiger partial charge in [0.05, 0.1) is 28.7 Å². The molecule has 1 aliphatic heterocycles. The minimum atomic E-state index is -3.03. The van der Waals surface area contributed by atoms with Gasteiger partial charge in [-0.2, -0.15) is 5.10 Å². The number of aromatic nitrogens is 3. The molecule has 7 nitrogen and oxygen atoms in total. The number of nitrogens with one attached hydrogen (secondary N) is 1. The van der Waals surface area contributed by atoms with Gasteiger partial charge in [0.2, 0.25) is 0 Å². The molecule has 2 aromatic heterocycles. The molecule has 25 heavy (non-hydrogen) atoms. The highest BCUT2D eigenvalue weighted by molar-refractivity contribution is 7.91. The maximum Gasteiger partial charge on any atom is 0.252 e. The van der Waals surface area contributed by atoms with Crippen LogP contribution in [-0.2, 0) is 9.84 Å². The van der Waals surface area contributed by atoms with Crippen LogP contribution in [0.2, 0.25) is 0 Å². The molecule has 1 aliphatic carbocycles. The van der Waals surface area contributed by atoms with Crippen LogP contribution in [0.15, 0.2) is 12.3 Å². The van der Waals surface area contributed by atoms with Crippen LogP contribution in [0.5, 0.6) is 0 Å². The molecule has 134 valence electrons. The number of sulfone groups is 1. The van der Waals surface area contributed by atoms with Gasteiger partial charge in [0.25, 0.3) is 5.91 Å². The number of rotatable bonds is 4. The van der Waals surface area contributed by atoms with E-state index in [1.807, 2.05) is 24.6 Å². The topological polar surface area (TPSA) is 94.0 Å². The van der Waals surface area contributed by atoms with Crippen molar-refractivity contribution >= 4 is 26.8 Å². The van der Waals surface area contributed by atoms with Crippen LogP contribution >= 0.6 is 0 Å². The second kappa shape index (κ2) is 5.79. The first-order valence-electron chi connectivity index (χ1n) is 8.73. The molecule has 2 fully saturated rings. The molecule has 1 atom stereocenters. The van der Waals surface area contributed by atoms with E-state index in [1.165, 1.54) is 0 Å². The summed E-state index contributed by atoms with van der Waals surface area (Å²) in [5, 5.41) is 8.00. The van der Waals surface area contributed by atoms with Crippen molar-refractivity contribution in [1.82, 2.24) is 20.1 Å². The van der Waals surface area contributed by atoms with Crippen molar-refractivity contribution in [2.24, 2.45) is 0 Å². The number of carbonyl (C=O) groups is 1. The van der Waals surface area contributed by atoms with Gasteiger partial charge in [-0.3, -0.25) is 4.79 Å². The Hall–Kier alpha value is -1.96. The van der Waals surface area contributed by atoms with Crippen LogP contribution in [-0.4, -0.2) is 46.6 Å². The van der Waals surface area contributed by atoms with E-state index in [0.29, 0.717) is 17.9 Å². The lowest BCUT2D eigenvalue weighted by Gasteiger charge is -2.13. The number of nitrogens with zero attached hydrogens (tertiary/aromatic N) is 3. The fraction of sp³-hybridized carbons (Fsp3) is 0.588. The predicted molar refractivity (Wildman–Crippen MR) is 94.4 cm³/mol. The third-order valence-corrected chi connectivity index (χ3v) is 6.65. The number of amides is 1. The van der Waals surface area contributed by atoms with Crippen LogP contribution < -0.4 is 5.32 Å². The second-order valence-electron chi connectivity index (χ2n) is 7.36. The lowest BCUT2D eigenvalue weighted by Crippen LogP contribution is -2.35. The molecule has 1 saturated heterocycles. The Kier molecular flexibility index (Phi) is 3.82. The quantitative estimate of drug-likeness (QED) is 0.895. The van der Waals surface area contributed by atoms with E-state index in [9.17, 15) is 13.2 Å². The molecule has 8 heteroatoms. The highest BCUT2D eigenvalue weighted by Gasteiger charge is 2.31. The van der Waals surface area contributed by atoms with Crippen LogP contribution in [0.3, 0.4) is 0 Å². The minimum absolute atomic E-state index is 0.0215. The molecule has 0 bridgehead atoms. The van der Waals surface area contributed by atoms with Gasteiger partial charge >= 0.3 is 0 Å². The van der Waals surface area contributed by atoms with Crippen molar-refractivity contribution in [1.29, 1.82) is 0 Å². The van der Waals surface area contributed by atoms with Gasteiger partial charge in [0, 0.05) is 23.7 Å². The van der Waals surface area contributed by atoms with E-state index < -0.39 is 9.84 Å². The van der Waals surface area contributed by atoms with Crippen molar-refractivity contribution < 1.29 is 13.2 Å². The standard InChI is InChI=1S/C17H22N4O3S/c1-10(2)21-16-14(8-18-21)13(7-15(20-16)11-3-4-11)17(22)19-12-5-6-25(23,24)9-12/h7-8,10-12H,3-6,9H2,1-2H3,(H,19,22). The predicted octanol–water partition coefficient (Wildman–Crippen LogP) is 1.81. The zero-order valence-corrected chi connectivity index (χ0v) is 15.2. The highest BCUT2D eigenvalue weighted by atomic mass is 32.2. The van der Waals surface area contributed by atoms with Crippen LogP contribution in [0.4, 0.5) is 0 Å². The van der Waals surface area contributed by atoms with Crippen molar-refractivity contribution in [2.45, 2.75) is 51.1 Å². The molecule has 0 radical (unpaired) electrons. The fourth-order valence-electron chi connectivity index (χ4n) is 3.36. The lowest BCUT2D eigenvalue weighted by molar-refractivity contribution is 0.0942. The Balaban J connectivity index is 1.71. The van der Waals surface area contributed by atoms with Gasteiger partial charge in [0.15, 0.2) is 15.5 Å². The molecular formula is C17H22N4O3S. The van der Waals surface area contributed by atoms with Crippen LogP contribution in [0, 0.1) is 0 Å². The number of hydrogen-bond donors (Lipinski definition) is 1. The van der Waals surface area contributed by atoms with E-state index in [1.54, 1.807) is 6.20 Å². The summed E-state index contributed by atoms with van der Waals surface area (Å²) < 4.78 is 25.1. The summed E-state index contributed by atoms with van der Waals surface area (Å²) in [6.07, 6.45) is 4.34. The third-order valence-electron chi connectivity index (χ3n) is 4.88. The van der Waals surface area contributed by atoms with Crippen molar-refractivity contribution in [3.8, 4) is 0 Å². The first-order valence-corrected chi connectivity index (χ1v) is 10.6. The maximum absolute atomic E-state index is 12.8. The fourth-order valence-corrected chi connectivity index (χ4v) is 5.04. The van der Waals surface area contributed by atoms with E-state index in [0.717, 1.165) is 29.6 Å². The van der Waals surface area contributed by atoms with Gasteiger partial charge in [0.1, 0.15) is 0 Å². The maximum atomic E-state index is 12.8. The number of fused-ring (bicyclic) bond motifs is 1. The second-order valence-corrected chi connectivity index (χ2v) is 9.59. The molecule has 1 unspecified atom stereocenters. The third kappa shape index (κ3) is 3.15. The molecular weight excluding hydrogens is 340 g/mol. The Morgan fingerprint density at radius 1 is 1.32 bits per heavy atom. The SMILES string of the molecule is CC(C)n1ncc2c(C(=O)NC3CCS(=O)(=O)C3)cc(C3CC3)nc21. The normalized spacial score (nSPS) is 22.6. The van der Waals surface area contributed by atoms with Gasteiger partial charge in [-0.25, -0.2) is 18.1 Å². The van der Waals surface area contributed by atoms with E-state index in [4.69, 9.17) is 4.98 Å². The molecule has 1 amide bonds. The summed E-state index contributed by atoms with van der Waals surface area (Å²) >= 11 is 0. The summed E-state index contributed by atoms with van der Waals surface area (Å²) in [5.41, 5.74) is 2.20. The monoisotopic (exact) mass is 362 g/mol. The molecule has 0 spiro atoms. The lowest BCUT2D eigenvalue weighted by atomic mass is 10.1. The molecule has 2 aliphatic rings. The zero-order chi connectivity index (χ0) is 17.8. The molecule has 0 aromatic carbocycles. The first kappa shape index (κ1) is 16.5. The van der Waals surface area contributed by atoms with Gasteiger partial charge < -0.3 is 5.32 Å². The molecule has 4 rings (SSSR count). The van der Waals surface area contributed by atoms with E-state index >= 15 is 0 Å². The Morgan fingerprint density at radius 2 is 2.08 bits per heavy atom. The Labute approximate surface area is 146 Å². The van der Waals surface area contributed by atoms with Gasteiger partial charge in [-0.05, 0) is 39.2 Å². The van der Waals surface area contributed by atoms with Crippen molar-refractivity contribution in [3.05, 3.63) is 23.5 Å². The largest absolute Gasteiger partial charge is 0.348 e. The van der Waals surface area contributed by atoms with Gasteiger partial charge in [-0.1, -0.05) is 0 Å². The highest BCUT2D eigenvalue weighted by Crippen LogP contribution is 2.40. The molecule has 1 N–H and O–H groups in total. The van der Waals surface area contributed by atoms with E-state index in [-0.39, 0.29) is 29.5 Å². The zero-order valence-electron chi connectivity index (χ0n) is 14.4.